The van der Waals surface area contributed by atoms with Crippen LogP contribution in [0.2, 0.25) is 10.0 Å². The third-order valence-corrected chi connectivity index (χ3v) is 4.03. The zero-order valence-corrected chi connectivity index (χ0v) is 11.6. The van der Waals surface area contributed by atoms with Crippen molar-refractivity contribution in [1.29, 1.82) is 0 Å². The van der Waals surface area contributed by atoms with Gasteiger partial charge in [0.25, 0.3) is 0 Å². The van der Waals surface area contributed by atoms with Gasteiger partial charge in [-0.15, -0.1) is 0 Å². The van der Waals surface area contributed by atoms with Gasteiger partial charge >= 0.3 is 0 Å². The molecule has 0 aliphatic carbocycles. The molecule has 8 heteroatoms. The molecule has 1 aromatic heterocycles. The number of benzene rings is 1. The van der Waals surface area contributed by atoms with Gasteiger partial charge in [-0.1, -0.05) is 23.2 Å². The Bertz CT molecular complexity index is 612. The third kappa shape index (κ3) is 2.17. The van der Waals surface area contributed by atoms with Gasteiger partial charge in [0.1, 0.15) is 24.1 Å². The van der Waals surface area contributed by atoms with Crippen LogP contribution in [0.5, 0.6) is 0 Å². The number of aliphatic hydroxyl groups excluding tert-OH is 2. The topological polar surface area (TPSA) is 78.4 Å². The van der Waals surface area contributed by atoms with Crippen molar-refractivity contribution >= 4 is 34.2 Å². The lowest BCUT2D eigenvalue weighted by molar-refractivity contribution is -0.0245. The number of hydrogen-bond donors (Lipinski definition) is 3. The molecule has 0 radical (unpaired) electrons. The van der Waals surface area contributed by atoms with E-state index in [9.17, 15) is 9.50 Å². The van der Waals surface area contributed by atoms with E-state index in [0.717, 1.165) is 0 Å². The van der Waals surface area contributed by atoms with Crippen LogP contribution in [0, 0.1) is 0 Å². The summed E-state index contributed by atoms with van der Waals surface area (Å²) in [7, 11) is 0. The van der Waals surface area contributed by atoms with E-state index in [0.29, 0.717) is 21.1 Å². The Hall–Kier alpha value is -0.920. The minimum absolute atomic E-state index is 0.223. The third-order valence-electron chi connectivity index (χ3n) is 3.31. The number of alkyl halides is 1. The van der Waals surface area contributed by atoms with Crippen molar-refractivity contribution in [2.45, 2.75) is 24.5 Å². The highest BCUT2D eigenvalue weighted by atomic mass is 35.5. The van der Waals surface area contributed by atoms with Crippen molar-refractivity contribution in [1.82, 2.24) is 9.97 Å². The van der Waals surface area contributed by atoms with Crippen molar-refractivity contribution in [3.8, 4) is 0 Å². The van der Waals surface area contributed by atoms with Gasteiger partial charge in [-0.05, 0) is 12.1 Å². The normalized spacial score (nSPS) is 30.2. The molecule has 20 heavy (non-hydrogen) atoms. The lowest BCUT2D eigenvalue weighted by atomic mass is 10.1. The molecule has 3 N–H and O–H groups in total. The fourth-order valence-corrected chi connectivity index (χ4v) is 2.58. The monoisotopic (exact) mass is 320 g/mol. The maximum absolute atomic E-state index is 14.0. The highest BCUT2D eigenvalue weighted by molar-refractivity contribution is 6.42. The maximum Gasteiger partial charge on any atom is 0.162 e. The highest BCUT2D eigenvalue weighted by Gasteiger charge is 2.45. The van der Waals surface area contributed by atoms with Gasteiger partial charge in [-0.2, -0.15) is 0 Å². The van der Waals surface area contributed by atoms with Crippen LogP contribution < -0.4 is 0 Å². The van der Waals surface area contributed by atoms with Crippen LogP contribution in [0.1, 0.15) is 11.9 Å². The molecule has 2 aromatic rings. The van der Waals surface area contributed by atoms with Crippen molar-refractivity contribution in [2.75, 3.05) is 6.61 Å². The van der Waals surface area contributed by atoms with E-state index in [2.05, 4.69) is 9.97 Å². The second-order valence-corrected chi connectivity index (χ2v) is 5.43. The molecule has 0 spiro atoms. The SMILES string of the molecule is OC[C@H]1O[C@@H](c2nc3cc(Cl)c(Cl)cc3[nH]2)[C@H](F)[C@@H]1O. The number of ether oxygens (including phenoxy) is 1. The zero-order valence-electron chi connectivity index (χ0n) is 10.1. The Morgan fingerprint density at radius 3 is 2.70 bits per heavy atom. The second kappa shape index (κ2) is 5.13. The van der Waals surface area contributed by atoms with Gasteiger partial charge in [0.05, 0.1) is 27.7 Å². The largest absolute Gasteiger partial charge is 0.394 e. The van der Waals surface area contributed by atoms with Crippen LogP contribution in [-0.4, -0.2) is 45.2 Å². The zero-order chi connectivity index (χ0) is 14.4. The fraction of sp³-hybridized carbons (Fsp3) is 0.417. The van der Waals surface area contributed by atoms with Crippen molar-refractivity contribution in [3.63, 3.8) is 0 Å². The van der Waals surface area contributed by atoms with Gasteiger partial charge in [-0.3, -0.25) is 0 Å². The van der Waals surface area contributed by atoms with E-state index in [4.69, 9.17) is 33.0 Å². The molecule has 0 amide bonds. The number of aromatic nitrogens is 2. The van der Waals surface area contributed by atoms with Crippen LogP contribution in [0.4, 0.5) is 4.39 Å². The van der Waals surface area contributed by atoms with Gasteiger partial charge in [0.2, 0.25) is 0 Å². The number of nitrogens with zero attached hydrogens (tertiary/aromatic N) is 1. The van der Waals surface area contributed by atoms with Crippen molar-refractivity contribution in [3.05, 3.63) is 28.0 Å². The standard InChI is InChI=1S/C12H11Cl2FN2O3/c13-4-1-6-7(2-5(4)14)17-12(16-6)11-9(15)10(19)8(3-18)20-11/h1-2,8-11,18-19H,3H2,(H,16,17)/t8-,9-,10-,11-/m1/s1. The molecule has 5 nitrogen and oxygen atoms in total. The smallest absolute Gasteiger partial charge is 0.162 e. The summed E-state index contributed by atoms with van der Waals surface area (Å²) in [5.41, 5.74) is 1.11. The Kier molecular flexibility index (Phi) is 3.60. The second-order valence-electron chi connectivity index (χ2n) is 4.62. The molecule has 1 saturated heterocycles. The first kappa shape index (κ1) is 14.0. The van der Waals surface area contributed by atoms with Crippen LogP contribution in [0.15, 0.2) is 12.1 Å². The number of halogens is 3. The summed E-state index contributed by atoms with van der Waals surface area (Å²) in [6, 6.07) is 3.14. The molecule has 1 fully saturated rings. The first-order valence-corrected chi connectivity index (χ1v) is 6.70. The molecule has 1 aliphatic rings. The lowest BCUT2D eigenvalue weighted by Gasteiger charge is -2.09. The first-order chi connectivity index (χ1) is 9.51. The summed E-state index contributed by atoms with van der Waals surface area (Å²) in [4.78, 5) is 7.08. The number of nitrogens with one attached hydrogen (secondary N) is 1. The fourth-order valence-electron chi connectivity index (χ4n) is 2.25. The molecule has 1 aromatic carbocycles. The van der Waals surface area contributed by atoms with Crippen molar-refractivity contribution < 1.29 is 19.3 Å². The summed E-state index contributed by atoms with van der Waals surface area (Å²) in [5.74, 6) is 0.223. The summed E-state index contributed by atoms with van der Waals surface area (Å²) < 4.78 is 19.3. The van der Waals surface area contributed by atoms with E-state index in [1.165, 1.54) is 0 Å². The van der Waals surface area contributed by atoms with E-state index in [-0.39, 0.29) is 5.82 Å². The summed E-state index contributed by atoms with van der Waals surface area (Å²) in [6.07, 6.45) is -5.08. The van der Waals surface area contributed by atoms with Crippen LogP contribution in [0.25, 0.3) is 11.0 Å². The minimum Gasteiger partial charge on any atom is -0.394 e. The van der Waals surface area contributed by atoms with Crippen LogP contribution in [-0.2, 0) is 4.74 Å². The predicted molar refractivity (Wildman–Crippen MR) is 71.7 cm³/mol. The number of H-pyrrole nitrogens is 1. The highest BCUT2D eigenvalue weighted by Crippen LogP contribution is 2.36. The molecule has 0 saturated carbocycles. The molecular formula is C12H11Cl2FN2O3. The Morgan fingerprint density at radius 1 is 1.35 bits per heavy atom. The summed E-state index contributed by atoms with van der Waals surface area (Å²) in [5, 5.41) is 19.3. The lowest BCUT2D eigenvalue weighted by Crippen LogP contribution is -2.30. The van der Waals surface area contributed by atoms with Gasteiger partial charge < -0.3 is 19.9 Å². The van der Waals surface area contributed by atoms with E-state index in [1.807, 2.05) is 0 Å². The maximum atomic E-state index is 14.0. The number of hydrogen-bond acceptors (Lipinski definition) is 4. The summed E-state index contributed by atoms with van der Waals surface area (Å²) >= 11 is 11.8. The number of fused-ring (bicyclic) bond motifs is 1. The predicted octanol–water partition coefficient (Wildman–Crippen LogP) is 2.00. The number of aromatic amines is 1. The van der Waals surface area contributed by atoms with Gasteiger partial charge in [0.15, 0.2) is 6.17 Å². The molecule has 2 heterocycles. The van der Waals surface area contributed by atoms with Gasteiger partial charge in [-0.25, -0.2) is 9.37 Å². The molecule has 4 atom stereocenters. The molecular weight excluding hydrogens is 310 g/mol. The average molecular weight is 321 g/mol. The Labute approximate surface area is 123 Å². The van der Waals surface area contributed by atoms with Crippen LogP contribution >= 0.6 is 23.2 Å². The van der Waals surface area contributed by atoms with E-state index in [1.54, 1.807) is 12.1 Å². The molecule has 3 rings (SSSR count). The Morgan fingerprint density at radius 2 is 2.05 bits per heavy atom. The quantitative estimate of drug-likeness (QED) is 0.790. The molecule has 0 bridgehead atoms. The molecule has 108 valence electrons. The number of imidazole rings is 1. The number of rotatable bonds is 2. The number of aliphatic hydroxyl groups is 2. The van der Waals surface area contributed by atoms with Crippen LogP contribution in [0.3, 0.4) is 0 Å². The first-order valence-electron chi connectivity index (χ1n) is 5.94. The Balaban J connectivity index is 1.99. The summed E-state index contributed by atoms with van der Waals surface area (Å²) in [6.45, 7) is -0.462. The molecule has 1 aliphatic heterocycles. The van der Waals surface area contributed by atoms with Gasteiger partial charge in [0, 0.05) is 0 Å². The average Bonchev–Trinajstić information content (AvgIpc) is 2.93. The van der Waals surface area contributed by atoms with E-state index < -0.39 is 31.1 Å². The molecule has 0 unspecified atom stereocenters. The van der Waals surface area contributed by atoms with Crippen molar-refractivity contribution in [2.24, 2.45) is 0 Å². The van der Waals surface area contributed by atoms with E-state index >= 15 is 0 Å². The minimum atomic E-state index is -1.67.